The molecule has 0 N–H and O–H groups in total. The molecule has 0 aliphatic rings. The first kappa shape index (κ1) is 14.1. The molecule has 0 fully saturated rings. The average molecular weight is 293 g/mol. The van der Waals surface area contributed by atoms with Gasteiger partial charge in [-0.15, -0.1) is 36.4 Å². The van der Waals surface area contributed by atoms with Crippen molar-refractivity contribution in [2.24, 2.45) is 0 Å². The molecule has 2 aromatic carbocycles. The zero-order chi connectivity index (χ0) is 11.4. The molecule has 0 heterocycles. The third-order valence-electron chi connectivity index (χ3n) is 2.41. The van der Waals surface area contributed by atoms with Crippen LogP contribution in [0.25, 0.3) is 23.3 Å². The van der Waals surface area contributed by atoms with Gasteiger partial charge in [0.2, 0.25) is 0 Å². The van der Waals surface area contributed by atoms with E-state index in [1.54, 1.807) is 0 Å². The molecule has 0 saturated carbocycles. The summed E-state index contributed by atoms with van der Waals surface area (Å²) in [4.78, 5) is 0. The van der Waals surface area contributed by atoms with Gasteiger partial charge in [-0.1, -0.05) is 12.2 Å². The number of hydrogen-bond acceptors (Lipinski definition) is 0. The summed E-state index contributed by atoms with van der Waals surface area (Å²) < 4.78 is 0. The predicted molar refractivity (Wildman–Crippen MR) is 69.7 cm³/mol. The molecule has 0 amide bonds. The van der Waals surface area contributed by atoms with Crippen LogP contribution in [0.1, 0.15) is 11.1 Å². The van der Waals surface area contributed by atoms with Crippen LogP contribution in [0, 0.1) is 12.1 Å². The van der Waals surface area contributed by atoms with Crippen LogP contribution in [-0.2, 0) is 32.7 Å². The first-order chi connectivity index (χ1) is 7.83. The Morgan fingerprint density at radius 1 is 0.824 bits per heavy atom. The summed E-state index contributed by atoms with van der Waals surface area (Å²) in [5.74, 6) is 0. The topological polar surface area (TPSA) is 0 Å². The number of hydrogen-bond donors (Lipinski definition) is 0. The minimum Gasteiger partial charge on any atom is -0.226 e. The summed E-state index contributed by atoms with van der Waals surface area (Å²) in [6.07, 6.45) is 3.66. The Morgan fingerprint density at radius 2 is 1.24 bits per heavy atom. The molecule has 2 rings (SSSR count). The predicted octanol–water partition coefficient (Wildman–Crippen LogP) is 4.24. The van der Waals surface area contributed by atoms with E-state index in [1.165, 1.54) is 0 Å². The Hall–Kier alpha value is -0.976. The summed E-state index contributed by atoms with van der Waals surface area (Å²) in [7, 11) is 0. The Kier molecular flexibility index (Phi) is 5.54. The van der Waals surface area contributed by atoms with Gasteiger partial charge in [0.25, 0.3) is 0 Å². The summed E-state index contributed by atoms with van der Waals surface area (Å²) in [5, 5.41) is 0. The van der Waals surface area contributed by atoms with Gasteiger partial charge in [0.1, 0.15) is 0 Å². The zero-order valence-electron chi connectivity index (χ0n) is 9.61. The molecule has 0 saturated heterocycles. The van der Waals surface area contributed by atoms with Crippen LogP contribution in [0.4, 0.5) is 0 Å². The second kappa shape index (κ2) is 6.68. The van der Waals surface area contributed by atoms with E-state index in [-0.39, 0.29) is 32.7 Å². The molecule has 0 spiro atoms. The van der Waals surface area contributed by atoms with Crippen LogP contribution in [0.5, 0.6) is 0 Å². The van der Waals surface area contributed by atoms with Gasteiger partial charge in [-0.05, 0) is 0 Å². The van der Waals surface area contributed by atoms with E-state index in [2.05, 4.69) is 25.3 Å². The Labute approximate surface area is 128 Å². The molecule has 0 aromatic heterocycles. The first-order valence-corrected chi connectivity index (χ1v) is 5.12. The van der Waals surface area contributed by atoms with E-state index in [1.807, 2.05) is 48.6 Å². The fourth-order valence-electron chi connectivity index (χ4n) is 1.53. The molecule has 17 heavy (non-hydrogen) atoms. The molecule has 1 radical (unpaired) electrons. The van der Waals surface area contributed by atoms with Gasteiger partial charge >= 0.3 is 0 Å². The van der Waals surface area contributed by atoms with Crippen LogP contribution < -0.4 is 0 Å². The molecular formula is C16H12Y-2. The minimum absolute atomic E-state index is 0. The Balaban J connectivity index is 0.00000144. The van der Waals surface area contributed by atoms with Crippen molar-refractivity contribution in [3.05, 3.63) is 72.8 Å². The monoisotopic (exact) mass is 293 g/mol. The quantitative estimate of drug-likeness (QED) is 0.743. The normalized spacial score (nSPS) is 9.18. The van der Waals surface area contributed by atoms with Crippen LogP contribution in [0.2, 0.25) is 0 Å². The van der Waals surface area contributed by atoms with Gasteiger partial charge in [-0.2, -0.15) is 36.4 Å². The van der Waals surface area contributed by atoms with E-state index in [0.717, 1.165) is 22.3 Å². The molecule has 2 aromatic rings. The molecule has 1 heteroatoms. The van der Waals surface area contributed by atoms with Gasteiger partial charge in [0.05, 0.1) is 0 Å². The number of rotatable bonds is 3. The van der Waals surface area contributed by atoms with E-state index < -0.39 is 0 Å². The summed E-state index contributed by atoms with van der Waals surface area (Å²) in [5.41, 5.74) is 4.24. The maximum atomic E-state index is 3.76. The third-order valence-corrected chi connectivity index (χ3v) is 2.41. The maximum Gasteiger partial charge on any atom is 0 e. The fraction of sp³-hybridized carbons (Fsp3) is 0. The Bertz CT molecular complexity index is 477. The molecule has 0 atom stereocenters. The first-order valence-electron chi connectivity index (χ1n) is 5.12. The van der Waals surface area contributed by atoms with Crippen molar-refractivity contribution in [2.75, 3.05) is 0 Å². The van der Waals surface area contributed by atoms with E-state index in [0.29, 0.717) is 0 Å². The fourth-order valence-corrected chi connectivity index (χ4v) is 1.53. The zero-order valence-corrected chi connectivity index (χ0v) is 12.4. The summed E-state index contributed by atoms with van der Waals surface area (Å²) in [6.45, 7) is 7.52. The maximum absolute atomic E-state index is 3.76. The van der Waals surface area contributed by atoms with Crippen molar-refractivity contribution in [3.8, 4) is 11.1 Å². The van der Waals surface area contributed by atoms with Crippen molar-refractivity contribution in [3.63, 3.8) is 0 Å². The second-order valence-corrected chi connectivity index (χ2v) is 3.48. The molecular weight excluding hydrogens is 281 g/mol. The second-order valence-electron chi connectivity index (χ2n) is 3.48. The van der Waals surface area contributed by atoms with Gasteiger partial charge in [0, 0.05) is 32.7 Å². The molecule has 81 valence electrons. The van der Waals surface area contributed by atoms with Crippen molar-refractivity contribution >= 4 is 12.2 Å². The standard InChI is InChI=1S/C16H12.Y/c1-3-13-7-5-9-15(11-13)16-10-6-8-14(4-2)12-16;/h3-8,11-12H,1-2H2;/q-2;. The average Bonchev–Trinajstić information content (AvgIpc) is 2.39. The van der Waals surface area contributed by atoms with Gasteiger partial charge in [-0.25, -0.2) is 11.1 Å². The summed E-state index contributed by atoms with van der Waals surface area (Å²) in [6, 6.07) is 18.3. The van der Waals surface area contributed by atoms with Crippen molar-refractivity contribution < 1.29 is 32.7 Å². The van der Waals surface area contributed by atoms with E-state index in [4.69, 9.17) is 0 Å². The third kappa shape index (κ3) is 3.49. The molecule has 0 unspecified atom stereocenters. The van der Waals surface area contributed by atoms with Crippen LogP contribution in [0.15, 0.2) is 49.6 Å². The van der Waals surface area contributed by atoms with Crippen molar-refractivity contribution in [2.45, 2.75) is 0 Å². The van der Waals surface area contributed by atoms with Crippen molar-refractivity contribution in [1.29, 1.82) is 0 Å². The van der Waals surface area contributed by atoms with Crippen molar-refractivity contribution in [1.82, 2.24) is 0 Å². The van der Waals surface area contributed by atoms with Crippen LogP contribution >= 0.6 is 0 Å². The van der Waals surface area contributed by atoms with E-state index >= 15 is 0 Å². The largest absolute Gasteiger partial charge is 0.226 e. The molecule has 0 aliphatic heterocycles. The van der Waals surface area contributed by atoms with Gasteiger partial charge in [0.15, 0.2) is 0 Å². The SMILES string of the molecule is C=Cc1cc[c-]c(-c2[c-]ccc(C=C)c2)c1.[Y]. The smallest absolute Gasteiger partial charge is 0 e. The van der Waals surface area contributed by atoms with E-state index in [9.17, 15) is 0 Å². The minimum atomic E-state index is 0. The molecule has 0 bridgehead atoms. The molecule has 0 nitrogen and oxygen atoms in total. The van der Waals surface area contributed by atoms with Crippen LogP contribution in [-0.4, -0.2) is 0 Å². The Morgan fingerprint density at radius 3 is 1.59 bits per heavy atom. The number of benzene rings is 2. The summed E-state index contributed by atoms with van der Waals surface area (Å²) >= 11 is 0. The molecule has 0 aliphatic carbocycles. The van der Waals surface area contributed by atoms with Crippen LogP contribution in [0.3, 0.4) is 0 Å². The van der Waals surface area contributed by atoms with Gasteiger partial charge in [-0.3, -0.25) is 0 Å². The van der Waals surface area contributed by atoms with Gasteiger partial charge < -0.3 is 0 Å².